The van der Waals surface area contributed by atoms with E-state index in [1.807, 2.05) is 0 Å². The summed E-state index contributed by atoms with van der Waals surface area (Å²) in [4.78, 5) is 0. The highest BCUT2D eigenvalue weighted by Gasteiger charge is 2.49. The Balaban J connectivity index is 2.90. The van der Waals surface area contributed by atoms with Crippen molar-refractivity contribution in [1.82, 2.24) is 0 Å². The normalized spacial score (nSPS) is 12.9. The van der Waals surface area contributed by atoms with Crippen LogP contribution in [0.15, 0.2) is 24.3 Å². The third-order valence-corrected chi connectivity index (χ3v) is 13.4. The summed E-state index contributed by atoms with van der Waals surface area (Å²) in [6, 6.07) is 4.62. The van der Waals surface area contributed by atoms with Crippen LogP contribution in [0.2, 0.25) is 16.6 Å². The molecule has 0 aliphatic heterocycles. The van der Waals surface area contributed by atoms with Crippen LogP contribution in [0.4, 0.5) is 17.6 Å². The van der Waals surface area contributed by atoms with Gasteiger partial charge in [0.2, 0.25) is 0 Å². The molecule has 0 radical (unpaired) electrons. The molecule has 0 aliphatic carbocycles. The van der Waals surface area contributed by atoms with E-state index in [4.69, 9.17) is 9.47 Å². The number of methoxy groups -OCH3 is 1. The smallest absolute Gasteiger partial charge is 0.467 e. The molecular weight excluding hydrogens is 504 g/mol. The summed E-state index contributed by atoms with van der Waals surface area (Å²) >= 11 is 0. The van der Waals surface area contributed by atoms with Crippen LogP contribution in [0, 0.1) is 17.3 Å². The molecule has 0 bridgehead atoms. The maximum absolute atomic E-state index is 14.8. The van der Waals surface area contributed by atoms with Gasteiger partial charge in [0, 0.05) is 29.5 Å². The first-order valence-corrected chi connectivity index (χ1v) is 14.6. The summed E-state index contributed by atoms with van der Waals surface area (Å²) in [5.74, 6) is 1.38. The minimum Gasteiger partial charge on any atom is -0.467 e. The van der Waals surface area contributed by atoms with Crippen LogP contribution in [0.5, 0.6) is 11.5 Å². The Kier molecular flexibility index (Phi) is 8.90. The van der Waals surface area contributed by atoms with Gasteiger partial charge < -0.3 is 13.7 Å². The molecular formula is C24H30F4O5SSi. The summed E-state index contributed by atoms with van der Waals surface area (Å²) < 4.78 is 92.3. The largest absolute Gasteiger partial charge is 0.534 e. The van der Waals surface area contributed by atoms with Crippen LogP contribution in [-0.2, 0) is 14.9 Å². The highest BCUT2D eigenvalue weighted by atomic mass is 32.2. The molecule has 194 valence electrons. The van der Waals surface area contributed by atoms with Crippen molar-refractivity contribution in [2.45, 2.75) is 63.7 Å². The van der Waals surface area contributed by atoms with E-state index in [0.29, 0.717) is 0 Å². The molecule has 0 aliphatic rings. The van der Waals surface area contributed by atoms with Crippen molar-refractivity contribution in [2.75, 3.05) is 13.9 Å². The van der Waals surface area contributed by atoms with Crippen LogP contribution in [0.3, 0.4) is 0 Å². The minimum absolute atomic E-state index is 0.133. The Morgan fingerprint density at radius 3 is 2.06 bits per heavy atom. The second-order valence-electron chi connectivity index (χ2n) is 9.12. The van der Waals surface area contributed by atoms with E-state index < -0.39 is 35.3 Å². The van der Waals surface area contributed by atoms with Gasteiger partial charge in [0.15, 0.2) is 12.5 Å². The maximum atomic E-state index is 14.8. The lowest BCUT2D eigenvalue weighted by atomic mass is 10.0. The second-order valence-corrected chi connectivity index (χ2v) is 16.2. The lowest BCUT2D eigenvalue weighted by molar-refractivity contribution is -0.0499. The van der Waals surface area contributed by atoms with Crippen molar-refractivity contribution in [2.24, 2.45) is 0 Å². The van der Waals surface area contributed by atoms with Crippen molar-refractivity contribution in [3.8, 4) is 23.0 Å². The Morgan fingerprint density at radius 1 is 1.00 bits per heavy atom. The lowest BCUT2D eigenvalue weighted by Gasteiger charge is -2.38. The first-order chi connectivity index (χ1) is 16.1. The molecule has 0 N–H and O–H groups in total. The number of halogens is 4. The molecule has 0 aromatic heterocycles. The van der Waals surface area contributed by atoms with Gasteiger partial charge in [0.1, 0.15) is 19.6 Å². The van der Waals surface area contributed by atoms with Crippen molar-refractivity contribution < 1.29 is 39.6 Å². The molecule has 2 rings (SSSR count). The quantitative estimate of drug-likeness (QED) is 0.0935. The molecule has 0 unspecified atom stereocenters. The molecule has 0 atom stereocenters. The van der Waals surface area contributed by atoms with E-state index in [2.05, 4.69) is 57.2 Å². The highest BCUT2D eigenvalue weighted by Crippen LogP contribution is 2.42. The predicted octanol–water partition coefficient (Wildman–Crippen LogP) is 6.76. The zero-order chi connectivity index (χ0) is 26.8. The number of alkyl halides is 3. The van der Waals surface area contributed by atoms with Gasteiger partial charge in [0.25, 0.3) is 0 Å². The Bertz CT molecular complexity index is 1210. The van der Waals surface area contributed by atoms with E-state index in [1.165, 1.54) is 19.2 Å². The molecule has 0 fully saturated rings. The summed E-state index contributed by atoms with van der Waals surface area (Å²) in [5, 5.41) is -0.377. The molecule has 2 aromatic carbocycles. The van der Waals surface area contributed by atoms with Crippen LogP contribution in [0.25, 0.3) is 10.8 Å². The first kappa shape index (κ1) is 28.9. The topological polar surface area (TPSA) is 61.8 Å². The molecule has 5 nitrogen and oxygen atoms in total. The maximum Gasteiger partial charge on any atom is 0.534 e. The number of ether oxygens (including phenoxy) is 2. The Labute approximate surface area is 204 Å². The molecule has 0 saturated heterocycles. The molecule has 35 heavy (non-hydrogen) atoms. The van der Waals surface area contributed by atoms with Gasteiger partial charge in [-0.3, -0.25) is 0 Å². The van der Waals surface area contributed by atoms with Crippen LogP contribution >= 0.6 is 0 Å². The molecule has 0 heterocycles. The second kappa shape index (κ2) is 10.8. The van der Waals surface area contributed by atoms with Gasteiger partial charge >= 0.3 is 15.6 Å². The van der Waals surface area contributed by atoms with Crippen molar-refractivity contribution in [1.29, 1.82) is 0 Å². The molecule has 2 aromatic rings. The summed E-state index contributed by atoms with van der Waals surface area (Å²) in [6.45, 7) is 12.2. The average Bonchev–Trinajstić information content (AvgIpc) is 2.72. The highest BCUT2D eigenvalue weighted by molar-refractivity contribution is 7.88. The fourth-order valence-corrected chi connectivity index (χ4v) is 10.2. The molecule has 0 spiro atoms. The minimum atomic E-state index is -6.04. The standard InChI is InChI=1S/C24H30F4O5SSi/c1-15(2)35(16(3)4,17(5)6)11-10-18-8-9-21(25)20-12-19(32-14-31-7)13-22(23(18)20)33-34(29,30)24(26,27)28/h8-9,12-13,15-17H,14H2,1-7H3. The molecule has 11 heteroatoms. The van der Waals surface area contributed by atoms with E-state index in [9.17, 15) is 26.0 Å². The van der Waals surface area contributed by atoms with Crippen molar-refractivity contribution >= 4 is 29.0 Å². The average molecular weight is 535 g/mol. The number of fused-ring (bicyclic) bond motifs is 1. The SMILES string of the molecule is COCOc1cc(OS(=O)(=O)C(F)(F)F)c2c(C#C[Si](C(C)C)(C(C)C)C(C)C)ccc(F)c2c1. The fourth-order valence-electron chi connectivity index (χ4n) is 4.54. The number of hydrogen-bond acceptors (Lipinski definition) is 5. The third-order valence-electron chi connectivity index (χ3n) is 6.10. The van der Waals surface area contributed by atoms with E-state index in [1.54, 1.807) is 0 Å². The zero-order valence-corrected chi connectivity index (χ0v) is 22.5. The van der Waals surface area contributed by atoms with Crippen molar-refractivity contribution in [3.63, 3.8) is 0 Å². The van der Waals surface area contributed by atoms with Gasteiger partial charge in [-0.2, -0.15) is 21.6 Å². The van der Waals surface area contributed by atoms with Crippen LogP contribution < -0.4 is 8.92 Å². The third kappa shape index (κ3) is 5.93. The summed E-state index contributed by atoms with van der Waals surface area (Å²) in [7, 11) is -7.00. The number of hydrogen-bond donors (Lipinski definition) is 0. The van der Waals surface area contributed by atoms with Gasteiger partial charge in [-0.1, -0.05) is 47.5 Å². The van der Waals surface area contributed by atoms with Gasteiger partial charge in [-0.15, -0.1) is 5.54 Å². The lowest BCUT2D eigenvalue weighted by Crippen LogP contribution is -2.43. The van der Waals surface area contributed by atoms with E-state index >= 15 is 0 Å². The van der Waals surface area contributed by atoms with Crippen LogP contribution in [0.1, 0.15) is 47.1 Å². The van der Waals surface area contributed by atoms with E-state index in [0.717, 1.165) is 12.1 Å². The molecule has 0 amide bonds. The fraction of sp³-hybridized carbons (Fsp3) is 0.500. The number of benzene rings is 2. The van der Waals surface area contributed by atoms with E-state index in [-0.39, 0.29) is 45.5 Å². The zero-order valence-electron chi connectivity index (χ0n) is 20.7. The summed E-state index contributed by atoms with van der Waals surface area (Å²) in [6.07, 6.45) is 0. The van der Waals surface area contributed by atoms with Crippen LogP contribution in [-0.4, -0.2) is 35.9 Å². The Hall–Kier alpha value is -2.29. The first-order valence-electron chi connectivity index (χ1n) is 11.0. The van der Waals surface area contributed by atoms with Crippen molar-refractivity contribution in [3.05, 3.63) is 35.6 Å². The summed E-state index contributed by atoms with van der Waals surface area (Å²) in [5.41, 5.74) is -1.33. The monoisotopic (exact) mass is 534 g/mol. The predicted molar refractivity (Wildman–Crippen MR) is 130 cm³/mol. The molecule has 0 saturated carbocycles. The number of rotatable bonds is 8. The van der Waals surface area contributed by atoms with Gasteiger partial charge in [-0.25, -0.2) is 4.39 Å². The van der Waals surface area contributed by atoms with Gasteiger partial charge in [0.05, 0.1) is 0 Å². The Morgan fingerprint density at radius 2 is 1.57 bits per heavy atom. The van der Waals surface area contributed by atoms with Gasteiger partial charge in [-0.05, 0) is 34.8 Å².